The molecular formula is C16H23NO2. The summed E-state index contributed by atoms with van der Waals surface area (Å²) >= 11 is 0. The molecule has 19 heavy (non-hydrogen) atoms. The van der Waals surface area contributed by atoms with Gasteiger partial charge in [-0.3, -0.25) is 4.79 Å². The molecule has 1 aromatic carbocycles. The largest absolute Gasteiger partial charge is 0.512 e. The quantitative estimate of drug-likeness (QED) is 0.626. The number of benzene rings is 1. The minimum absolute atomic E-state index is 0.00521. The summed E-state index contributed by atoms with van der Waals surface area (Å²) in [6.07, 6.45) is 1.20. The van der Waals surface area contributed by atoms with Crippen LogP contribution >= 0.6 is 0 Å². The highest BCUT2D eigenvalue weighted by atomic mass is 16.3. The van der Waals surface area contributed by atoms with E-state index in [0.29, 0.717) is 11.8 Å². The first-order valence-corrected chi connectivity index (χ1v) is 6.64. The lowest BCUT2D eigenvalue weighted by molar-refractivity contribution is -0.112. The van der Waals surface area contributed by atoms with Crippen LogP contribution in [-0.4, -0.2) is 11.0 Å². The highest BCUT2D eigenvalue weighted by molar-refractivity contribution is 6.00. The lowest BCUT2D eigenvalue weighted by Gasteiger charge is -2.19. The van der Waals surface area contributed by atoms with Gasteiger partial charge in [0, 0.05) is 11.8 Å². The zero-order chi connectivity index (χ0) is 14.6. The average Bonchev–Trinajstić information content (AvgIpc) is 2.27. The number of carbonyl (C=O) groups is 1. The Morgan fingerprint density at radius 2 is 1.63 bits per heavy atom. The van der Waals surface area contributed by atoms with Crippen molar-refractivity contribution in [1.82, 2.24) is 0 Å². The van der Waals surface area contributed by atoms with Crippen molar-refractivity contribution in [3.05, 3.63) is 41.2 Å². The molecule has 1 aromatic rings. The Morgan fingerprint density at radius 1 is 1.16 bits per heavy atom. The van der Waals surface area contributed by atoms with Crippen molar-refractivity contribution in [3.63, 3.8) is 0 Å². The number of amides is 1. The zero-order valence-electron chi connectivity index (χ0n) is 12.3. The standard InChI is InChI=1S/C16H23NO2/c1-10(2)13-7-6-8-14(11(3)4)16(13)17-15(19)9-12(5)18/h6-11,18H,1-5H3,(H,17,19)/b12-9-. The van der Waals surface area contributed by atoms with E-state index in [9.17, 15) is 4.79 Å². The number of aliphatic hydroxyl groups is 1. The Hall–Kier alpha value is -1.77. The molecule has 104 valence electrons. The van der Waals surface area contributed by atoms with E-state index in [0.717, 1.165) is 16.8 Å². The first-order valence-electron chi connectivity index (χ1n) is 6.64. The molecule has 0 radical (unpaired) electrons. The summed E-state index contributed by atoms with van der Waals surface area (Å²) in [5.74, 6) is 0.363. The fraction of sp³-hybridized carbons (Fsp3) is 0.438. The van der Waals surface area contributed by atoms with E-state index >= 15 is 0 Å². The van der Waals surface area contributed by atoms with Crippen LogP contribution in [0.15, 0.2) is 30.0 Å². The molecule has 0 spiro atoms. The smallest absolute Gasteiger partial charge is 0.251 e. The molecule has 0 fully saturated rings. The average molecular weight is 261 g/mol. The molecule has 3 nitrogen and oxygen atoms in total. The molecule has 0 aliphatic carbocycles. The maximum Gasteiger partial charge on any atom is 0.251 e. The van der Waals surface area contributed by atoms with E-state index in [1.165, 1.54) is 13.0 Å². The zero-order valence-corrected chi connectivity index (χ0v) is 12.3. The van der Waals surface area contributed by atoms with E-state index in [1.54, 1.807) is 0 Å². The van der Waals surface area contributed by atoms with E-state index in [-0.39, 0.29) is 11.7 Å². The van der Waals surface area contributed by atoms with Crippen LogP contribution in [0.3, 0.4) is 0 Å². The minimum Gasteiger partial charge on any atom is -0.512 e. The Kier molecular flexibility index (Phi) is 5.16. The van der Waals surface area contributed by atoms with Crippen LogP contribution in [0.5, 0.6) is 0 Å². The van der Waals surface area contributed by atoms with E-state index in [1.807, 2.05) is 18.2 Å². The van der Waals surface area contributed by atoms with Gasteiger partial charge in [-0.05, 0) is 29.9 Å². The number of rotatable bonds is 4. The van der Waals surface area contributed by atoms with Gasteiger partial charge in [-0.1, -0.05) is 45.9 Å². The summed E-state index contributed by atoms with van der Waals surface area (Å²) in [6, 6.07) is 6.08. The van der Waals surface area contributed by atoms with Gasteiger partial charge in [0.05, 0.1) is 5.76 Å². The number of anilines is 1. The number of allylic oxidation sites excluding steroid dienone is 1. The first kappa shape index (κ1) is 15.3. The molecule has 1 amide bonds. The van der Waals surface area contributed by atoms with Gasteiger partial charge in [0.25, 0.3) is 5.91 Å². The molecular weight excluding hydrogens is 238 g/mol. The van der Waals surface area contributed by atoms with Crippen LogP contribution in [0.2, 0.25) is 0 Å². The Bertz CT molecular complexity index is 457. The summed E-state index contributed by atoms with van der Waals surface area (Å²) in [6.45, 7) is 9.88. The van der Waals surface area contributed by atoms with Crippen LogP contribution < -0.4 is 5.32 Å². The molecule has 0 atom stereocenters. The van der Waals surface area contributed by atoms with E-state index in [4.69, 9.17) is 5.11 Å². The van der Waals surface area contributed by atoms with Gasteiger partial charge < -0.3 is 10.4 Å². The lowest BCUT2D eigenvalue weighted by Crippen LogP contribution is -2.13. The number of hydrogen-bond donors (Lipinski definition) is 2. The third-order valence-corrected chi connectivity index (χ3v) is 2.96. The minimum atomic E-state index is -0.296. The molecule has 3 heteroatoms. The van der Waals surface area contributed by atoms with Crippen LogP contribution in [0.4, 0.5) is 5.69 Å². The van der Waals surface area contributed by atoms with Gasteiger partial charge >= 0.3 is 0 Å². The van der Waals surface area contributed by atoms with Crippen molar-refractivity contribution in [2.75, 3.05) is 5.32 Å². The Morgan fingerprint density at radius 3 is 2.00 bits per heavy atom. The summed E-state index contributed by atoms with van der Waals surface area (Å²) in [4.78, 5) is 11.8. The second kappa shape index (κ2) is 6.41. The second-order valence-electron chi connectivity index (χ2n) is 5.40. The van der Waals surface area contributed by atoms with Gasteiger partial charge in [-0.2, -0.15) is 0 Å². The maximum absolute atomic E-state index is 11.8. The summed E-state index contributed by atoms with van der Waals surface area (Å²) in [5.41, 5.74) is 3.10. The van der Waals surface area contributed by atoms with Gasteiger partial charge in [0.15, 0.2) is 0 Å². The molecule has 2 N–H and O–H groups in total. The van der Waals surface area contributed by atoms with Crippen LogP contribution in [0, 0.1) is 0 Å². The van der Waals surface area contributed by atoms with Crippen molar-refractivity contribution in [3.8, 4) is 0 Å². The van der Waals surface area contributed by atoms with Gasteiger partial charge in [0.2, 0.25) is 0 Å². The van der Waals surface area contributed by atoms with Gasteiger partial charge in [-0.15, -0.1) is 0 Å². The van der Waals surface area contributed by atoms with Crippen molar-refractivity contribution in [2.45, 2.75) is 46.5 Å². The number of aliphatic hydroxyl groups excluding tert-OH is 1. The molecule has 0 aromatic heterocycles. The highest BCUT2D eigenvalue weighted by Gasteiger charge is 2.15. The third-order valence-electron chi connectivity index (χ3n) is 2.96. The normalized spacial score (nSPS) is 12.1. The van der Waals surface area contributed by atoms with Gasteiger partial charge in [-0.25, -0.2) is 0 Å². The molecule has 0 heterocycles. The fourth-order valence-corrected chi connectivity index (χ4v) is 2.04. The van der Waals surface area contributed by atoms with Crippen molar-refractivity contribution in [1.29, 1.82) is 0 Å². The predicted molar refractivity (Wildman–Crippen MR) is 79.6 cm³/mol. The van der Waals surface area contributed by atoms with Crippen molar-refractivity contribution < 1.29 is 9.90 Å². The molecule has 0 aliphatic heterocycles. The molecule has 0 unspecified atom stereocenters. The summed E-state index contributed by atoms with van der Waals surface area (Å²) in [5, 5.41) is 12.1. The molecule has 0 aliphatic rings. The maximum atomic E-state index is 11.8. The van der Waals surface area contributed by atoms with Crippen molar-refractivity contribution in [2.24, 2.45) is 0 Å². The fourth-order valence-electron chi connectivity index (χ4n) is 2.04. The number of para-hydroxylation sites is 1. The molecule has 0 saturated heterocycles. The van der Waals surface area contributed by atoms with Crippen LogP contribution in [-0.2, 0) is 4.79 Å². The molecule has 0 bridgehead atoms. The predicted octanol–water partition coefficient (Wildman–Crippen LogP) is 4.33. The lowest BCUT2D eigenvalue weighted by atomic mass is 9.92. The number of carbonyl (C=O) groups excluding carboxylic acids is 1. The number of hydrogen-bond acceptors (Lipinski definition) is 2. The van der Waals surface area contributed by atoms with Gasteiger partial charge in [0.1, 0.15) is 0 Å². The molecule has 0 saturated carbocycles. The van der Waals surface area contributed by atoms with Crippen LogP contribution in [0.25, 0.3) is 0 Å². The SMILES string of the molecule is C/C(O)=C/C(=O)Nc1c(C(C)C)cccc1C(C)C. The van der Waals surface area contributed by atoms with E-state index < -0.39 is 0 Å². The highest BCUT2D eigenvalue weighted by Crippen LogP contribution is 2.32. The summed E-state index contributed by atoms with van der Waals surface area (Å²) in [7, 11) is 0. The Labute approximate surface area is 115 Å². The third kappa shape index (κ3) is 4.12. The van der Waals surface area contributed by atoms with Crippen molar-refractivity contribution >= 4 is 11.6 Å². The second-order valence-corrected chi connectivity index (χ2v) is 5.40. The first-order chi connectivity index (χ1) is 8.82. The topological polar surface area (TPSA) is 49.3 Å². The monoisotopic (exact) mass is 261 g/mol. The molecule has 1 rings (SSSR count). The van der Waals surface area contributed by atoms with Crippen LogP contribution in [0.1, 0.15) is 57.6 Å². The Balaban J connectivity index is 3.22. The summed E-state index contributed by atoms with van der Waals surface area (Å²) < 4.78 is 0. The number of nitrogens with one attached hydrogen (secondary N) is 1. The van der Waals surface area contributed by atoms with E-state index in [2.05, 4.69) is 33.0 Å².